The number of amides is 1. The third-order valence-electron chi connectivity index (χ3n) is 2.59. The number of nitrogens with zero attached hydrogens (tertiary/aromatic N) is 2. The largest absolute Gasteiger partial charge is 0.370 e. The molecule has 5 nitrogen and oxygen atoms in total. The lowest BCUT2D eigenvalue weighted by molar-refractivity contribution is 0.102. The maximum absolute atomic E-state index is 12.2. The normalized spacial score (nSPS) is 10.2. The molecule has 0 aromatic carbocycles. The highest BCUT2D eigenvalue weighted by Crippen LogP contribution is 2.19. The molecule has 6 heteroatoms. The van der Waals surface area contributed by atoms with Crippen molar-refractivity contribution < 1.29 is 4.79 Å². The molecule has 0 radical (unpaired) electrons. The Morgan fingerprint density at radius 1 is 1.30 bits per heavy atom. The number of nitrogens with one attached hydrogen (secondary N) is 2. The van der Waals surface area contributed by atoms with Crippen LogP contribution < -0.4 is 10.6 Å². The van der Waals surface area contributed by atoms with Crippen molar-refractivity contribution in [2.45, 2.75) is 13.8 Å². The first-order valence-electron chi connectivity index (χ1n) is 6.22. The summed E-state index contributed by atoms with van der Waals surface area (Å²) in [5.41, 5.74) is 1.98. The number of carbonyl (C=O) groups excluding carboxylic acids is 1. The van der Waals surface area contributed by atoms with E-state index in [1.165, 1.54) is 6.20 Å². The monoisotopic (exact) mass is 290 g/mol. The molecule has 104 valence electrons. The summed E-state index contributed by atoms with van der Waals surface area (Å²) in [5.74, 6) is 0.327. The maximum Gasteiger partial charge on any atom is 0.257 e. The lowest BCUT2D eigenvalue weighted by atomic mass is 10.2. The second-order valence-corrected chi connectivity index (χ2v) is 4.69. The lowest BCUT2D eigenvalue weighted by Gasteiger charge is -2.09. The Balaban J connectivity index is 2.22. The van der Waals surface area contributed by atoms with Crippen LogP contribution in [0, 0.1) is 6.92 Å². The van der Waals surface area contributed by atoms with Crippen molar-refractivity contribution in [2.75, 3.05) is 17.2 Å². The number of aromatic nitrogens is 2. The zero-order valence-electron chi connectivity index (χ0n) is 11.3. The SMILES string of the molecule is CCNc1cc(C(=O)Nc2cncc(C)c2)c(Cl)cn1. The first-order chi connectivity index (χ1) is 9.60. The fourth-order valence-corrected chi connectivity index (χ4v) is 1.90. The van der Waals surface area contributed by atoms with Crippen LogP contribution >= 0.6 is 11.6 Å². The van der Waals surface area contributed by atoms with Crippen LogP contribution in [0.2, 0.25) is 5.02 Å². The standard InChI is InChI=1S/C14H15ClN4O/c1-3-17-13-5-11(12(15)8-18-13)14(20)19-10-4-9(2)6-16-7-10/h4-8H,3H2,1-2H3,(H,17,18)(H,19,20). The van der Waals surface area contributed by atoms with Crippen LogP contribution in [-0.4, -0.2) is 22.4 Å². The number of hydrogen-bond acceptors (Lipinski definition) is 4. The van der Waals surface area contributed by atoms with Gasteiger partial charge in [-0.05, 0) is 31.5 Å². The molecule has 0 fully saturated rings. The smallest absolute Gasteiger partial charge is 0.257 e. The molecule has 0 atom stereocenters. The highest BCUT2D eigenvalue weighted by atomic mass is 35.5. The third-order valence-corrected chi connectivity index (χ3v) is 2.89. The van der Waals surface area contributed by atoms with Gasteiger partial charge in [-0.3, -0.25) is 9.78 Å². The second kappa shape index (κ2) is 6.34. The number of pyridine rings is 2. The van der Waals surface area contributed by atoms with Crippen molar-refractivity contribution in [2.24, 2.45) is 0 Å². The molecule has 1 amide bonds. The fourth-order valence-electron chi connectivity index (χ4n) is 1.71. The zero-order chi connectivity index (χ0) is 14.5. The average Bonchev–Trinajstić information content (AvgIpc) is 2.41. The van der Waals surface area contributed by atoms with Crippen LogP contribution in [0.15, 0.2) is 30.7 Å². The van der Waals surface area contributed by atoms with E-state index in [4.69, 9.17) is 11.6 Å². The van der Waals surface area contributed by atoms with E-state index in [0.29, 0.717) is 22.1 Å². The van der Waals surface area contributed by atoms with Crippen LogP contribution in [0.1, 0.15) is 22.8 Å². The Bertz CT molecular complexity index is 630. The highest BCUT2D eigenvalue weighted by molar-refractivity contribution is 6.34. The Hall–Kier alpha value is -2.14. The summed E-state index contributed by atoms with van der Waals surface area (Å²) in [5, 5.41) is 6.12. The number of carbonyl (C=O) groups is 1. The Morgan fingerprint density at radius 2 is 2.10 bits per heavy atom. The van der Waals surface area contributed by atoms with Gasteiger partial charge in [-0.1, -0.05) is 11.6 Å². The number of hydrogen-bond donors (Lipinski definition) is 2. The van der Waals surface area contributed by atoms with Crippen LogP contribution in [0.4, 0.5) is 11.5 Å². The van der Waals surface area contributed by atoms with E-state index in [-0.39, 0.29) is 5.91 Å². The summed E-state index contributed by atoms with van der Waals surface area (Å²) in [6, 6.07) is 3.47. The molecule has 0 spiro atoms. The van der Waals surface area contributed by atoms with Crippen molar-refractivity contribution >= 4 is 29.0 Å². The summed E-state index contributed by atoms with van der Waals surface area (Å²) < 4.78 is 0. The predicted octanol–water partition coefficient (Wildman–Crippen LogP) is 3.12. The van der Waals surface area contributed by atoms with Gasteiger partial charge in [0.05, 0.1) is 22.5 Å². The lowest BCUT2D eigenvalue weighted by Crippen LogP contribution is -2.14. The first kappa shape index (κ1) is 14.3. The molecule has 0 aliphatic heterocycles. The number of anilines is 2. The van der Waals surface area contributed by atoms with Crippen LogP contribution in [0.3, 0.4) is 0 Å². The second-order valence-electron chi connectivity index (χ2n) is 4.28. The molecule has 2 N–H and O–H groups in total. The van der Waals surface area contributed by atoms with Gasteiger partial charge < -0.3 is 10.6 Å². The van der Waals surface area contributed by atoms with Crippen LogP contribution in [0.25, 0.3) is 0 Å². The minimum Gasteiger partial charge on any atom is -0.370 e. The quantitative estimate of drug-likeness (QED) is 0.908. The minimum absolute atomic E-state index is 0.288. The van der Waals surface area contributed by atoms with Crippen molar-refractivity contribution in [3.05, 3.63) is 46.9 Å². The minimum atomic E-state index is -0.288. The topological polar surface area (TPSA) is 66.9 Å². The van der Waals surface area contributed by atoms with Gasteiger partial charge in [0.25, 0.3) is 5.91 Å². The Labute approximate surface area is 122 Å². The summed E-state index contributed by atoms with van der Waals surface area (Å²) in [6.07, 6.45) is 4.77. The van der Waals surface area contributed by atoms with Gasteiger partial charge >= 0.3 is 0 Å². The van der Waals surface area contributed by atoms with Crippen LogP contribution in [0.5, 0.6) is 0 Å². The molecule has 2 aromatic rings. The Morgan fingerprint density at radius 3 is 2.80 bits per heavy atom. The van der Waals surface area contributed by atoms with Gasteiger partial charge in [-0.25, -0.2) is 4.98 Å². The molecule has 0 saturated heterocycles. The van der Waals surface area contributed by atoms with Gasteiger partial charge in [0.1, 0.15) is 5.82 Å². The molecular weight excluding hydrogens is 276 g/mol. The number of aryl methyl sites for hydroxylation is 1. The predicted molar refractivity (Wildman–Crippen MR) is 80.3 cm³/mol. The summed E-state index contributed by atoms with van der Waals surface area (Å²) in [7, 11) is 0. The van der Waals surface area contributed by atoms with E-state index in [1.54, 1.807) is 18.5 Å². The van der Waals surface area contributed by atoms with E-state index < -0.39 is 0 Å². The van der Waals surface area contributed by atoms with Crippen molar-refractivity contribution in [1.29, 1.82) is 0 Å². The van der Waals surface area contributed by atoms with E-state index >= 15 is 0 Å². The van der Waals surface area contributed by atoms with Crippen molar-refractivity contribution in [3.63, 3.8) is 0 Å². The van der Waals surface area contributed by atoms with E-state index in [9.17, 15) is 4.79 Å². The van der Waals surface area contributed by atoms with Crippen molar-refractivity contribution in [1.82, 2.24) is 9.97 Å². The van der Waals surface area contributed by atoms with Crippen molar-refractivity contribution in [3.8, 4) is 0 Å². The molecule has 0 bridgehead atoms. The zero-order valence-corrected chi connectivity index (χ0v) is 12.0. The van der Waals surface area contributed by atoms with Gasteiger partial charge in [-0.15, -0.1) is 0 Å². The maximum atomic E-state index is 12.2. The average molecular weight is 291 g/mol. The molecule has 0 aliphatic carbocycles. The van der Waals surface area contributed by atoms with Gasteiger partial charge in [0.15, 0.2) is 0 Å². The molecule has 2 rings (SSSR count). The number of halogens is 1. The fraction of sp³-hybridized carbons (Fsp3) is 0.214. The van der Waals surface area contributed by atoms with E-state index in [1.807, 2.05) is 19.9 Å². The van der Waals surface area contributed by atoms with Gasteiger partial charge in [-0.2, -0.15) is 0 Å². The first-order valence-corrected chi connectivity index (χ1v) is 6.60. The van der Waals surface area contributed by atoms with E-state index in [0.717, 1.165) is 12.1 Å². The van der Waals surface area contributed by atoms with Gasteiger partial charge in [0.2, 0.25) is 0 Å². The Kier molecular flexibility index (Phi) is 4.53. The van der Waals surface area contributed by atoms with Gasteiger partial charge in [0, 0.05) is 18.9 Å². The molecule has 2 aromatic heterocycles. The van der Waals surface area contributed by atoms with Crippen LogP contribution in [-0.2, 0) is 0 Å². The molecular formula is C14H15ClN4O. The molecule has 0 unspecified atom stereocenters. The molecule has 0 aliphatic rings. The number of rotatable bonds is 4. The summed E-state index contributed by atoms with van der Waals surface area (Å²) in [6.45, 7) is 4.58. The molecule has 20 heavy (non-hydrogen) atoms. The highest BCUT2D eigenvalue weighted by Gasteiger charge is 2.12. The molecule has 2 heterocycles. The third kappa shape index (κ3) is 3.45. The van der Waals surface area contributed by atoms with E-state index in [2.05, 4.69) is 20.6 Å². The summed E-state index contributed by atoms with van der Waals surface area (Å²) >= 11 is 6.02. The molecule has 0 saturated carbocycles. The summed E-state index contributed by atoms with van der Waals surface area (Å²) in [4.78, 5) is 20.3.